The highest BCUT2D eigenvalue weighted by Crippen LogP contribution is 2.23. The van der Waals surface area contributed by atoms with Crippen LogP contribution in [0.4, 0.5) is 0 Å². The number of nitrogens with zero attached hydrogens (tertiary/aromatic N) is 1. The first-order valence-electron chi connectivity index (χ1n) is 7.35. The molecule has 2 rings (SSSR count). The minimum Gasteiger partial charge on any atom is -0.378 e. The van der Waals surface area contributed by atoms with E-state index in [0.29, 0.717) is 12.1 Å². The van der Waals surface area contributed by atoms with Crippen LogP contribution in [0.15, 0.2) is 0 Å². The zero-order chi connectivity index (χ0) is 12.1. The van der Waals surface area contributed by atoms with Gasteiger partial charge in [-0.3, -0.25) is 0 Å². The van der Waals surface area contributed by atoms with E-state index < -0.39 is 0 Å². The van der Waals surface area contributed by atoms with E-state index in [1.54, 1.807) is 0 Å². The van der Waals surface area contributed by atoms with E-state index >= 15 is 0 Å². The molecule has 1 saturated carbocycles. The van der Waals surface area contributed by atoms with E-state index in [1.165, 1.54) is 51.9 Å². The minimum absolute atomic E-state index is 0.534. The van der Waals surface area contributed by atoms with Crippen molar-refractivity contribution in [2.75, 3.05) is 32.8 Å². The Hall–Kier alpha value is -0.120. The summed E-state index contributed by atoms with van der Waals surface area (Å²) in [5.74, 6) is 0.777. The Balaban J connectivity index is 1.50. The third kappa shape index (κ3) is 4.23. The first-order valence-corrected chi connectivity index (χ1v) is 7.35. The van der Waals surface area contributed by atoms with Crippen molar-refractivity contribution in [3.05, 3.63) is 0 Å². The van der Waals surface area contributed by atoms with Crippen LogP contribution in [0.25, 0.3) is 0 Å². The maximum Gasteiger partial charge on any atom is 0.0604 e. The molecule has 0 radical (unpaired) electrons. The van der Waals surface area contributed by atoms with E-state index in [4.69, 9.17) is 4.74 Å². The fraction of sp³-hybridized carbons (Fsp3) is 1.00. The molecule has 3 heteroatoms. The fourth-order valence-electron chi connectivity index (χ4n) is 2.94. The van der Waals surface area contributed by atoms with Gasteiger partial charge >= 0.3 is 0 Å². The summed E-state index contributed by atoms with van der Waals surface area (Å²) in [6.07, 6.45) is 5.76. The Morgan fingerprint density at radius 2 is 2.00 bits per heavy atom. The highest BCUT2D eigenvalue weighted by molar-refractivity contribution is 4.86. The van der Waals surface area contributed by atoms with Crippen LogP contribution in [-0.2, 0) is 4.74 Å². The molecule has 3 nitrogen and oxygen atoms in total. The molecule has 0 aromatic heterocycles. The second-order valence-electron chi connectivity index (χ2n) is 5.77. The SMILES string of the molecule is CCOC1CC(NCC(C)CN2CCCC2)C1. The summed E-state index contributed by atoms with van der Waals surface area (Å²) in [5.41, 5.74) is 0. The van der Waals surface area contributed by atoms with Crippen molar-refractivity contribution in [2.24, 2.45) is 5.92 Å². The second-order valence-corrected chi connectivity index (χ2v) is 5.77. The van der Waals surface area contributed by atoms with Gasteiger partial charge in [-0.2, -0.15) is 0 Å². The summed E-state index contributed by atoms with van der Waals surface area (Å²) in [6.45, 7) is 10.4. The van der Waals surface area contributed by atoms with Crippen LogP contribution in [0, 0.1) is 5.92 Å². The van der Waals surface area contributed by atoms with E-state index in [2.05, 4.69) is 24.1 Å². The topological polar surface area (TPSA) is 24.5 Å². The van der Waals surface area contributed by atoms with Crippen LogP contribution < -0.4 is 5.32 Å². The normalized spacial score (nSPS) is 31.4. The largest absolute Gasteiger partial charge is 0.378 e. The zero-order valence-corrected chi connectivity index (χ0v) is 11.5. The number of likely N-dealkylation sites (tertiary alicyclic amines) is 1. The van der Waals surface area contributed by atoms with E-state index in [-0.39, 0.29) is 0 Å². The second kappa shape index (κ2) is 6.72. The van der Waals surface area contributed by atoms with Gasteiger partial charge in [0, 0.05) is 19.2 Å². The summed E-state index contributed by atoms with van der Waals surface area (Å²) >= 11 is 0. The molecule has 1 atom stereocenters. The van der Waals surface area contributed by atoms with Crippen molar-refractivity contribution >= 4 is 0 Å². The van der Waals surface area contributed by atoms with E-state index in [9.17, 15) is 0 Å². The monoisotopic (exact) mass is 240 g/mol. The minimum atomic E-state index is 0.534. The molecule has 1 aliphatic carbocycles. The third-order valence-corrected chi connectivity index (χ3v) is 4.02. The van der Waals surface area contributed by atoms with Gasteiger partial charge in [-0.05, 0) is 58.2 Å². The average Bonchev–Trinajstić information content (AvgIpc) is 2.74. The van der Waals surface area contributed by atoms with E-state index in [0.717, 1.165) is 12.5 Å². The van der Waals surface area contributed by atoms with Crippen molar-refractivity contribution < 1.29 is 4.74 Å². The van der Waals surface area contributed by atoms with Crippen LogP contribution in [-0.4, -0.2) is 49.8 Å². The molecular formula is C14H28N2O. The van der Waals surface area contributed by atoms with E-state index in [1.807, 2.05) is 0 Å². The van der Waals surface area contributed by atoms with Gasteiger partial charge < -0.3 is 15.0 Å². The van der Waals surface area contributed by atoms with Gasteiger partial charge in [-0.25, -0.2) is 0 Å². The molecule has 0 amide bonds. The quantitative estimate of drug-likeness (QED) is 0.735. The Labute approximate surface area is 106 Å². The highest BCUT2D eigenvalue weighted by atomic mass is 16.5. The summed E-state index contributed by atoms with van der Waals surface area (Å²) in [4.78, 5) is 2.61. The smallest absolute Gasteiger partial charge is 0.0604 e. The summed E-state index contributed by atoms with van der Waals surface area (Å²) in [5, 5.41) is 3.67. The third-order valence-electron chi connectivity index (χ3n) is 4.02. The van der Waals surface area contributed by atoms with Crippen molar-refractivity contribution in [2.45, 2.75) is 51.7 Å². The van der Waals surface area contributed by atoms with Crippen LogP contribution in [0.3, 0.4) is 0 Å². The number of nitrogens with one attached hydrogen (secondary N) is 1. The van der Waals surface area contributed by atoms with Gasteiger partial charge in [0.1, 0.15) is 0 Å². The van der Waals surface area contributed by atoms with Gasteiger partial charge in [0.2, 0.25) is 0 Å². The molecule has 1 aliphatic heterocycles. The number of ether oxygens (including phenoxy) is 1. The molecule has 2 aliphatic rings. The molecule has 0 aromatic rings. The summed E-state index contributed by atoms with van der Waals surface area (Å²) in [7, 11) is 0. The number of hydrogen-bond acceptors (Lipinski definition) is 3. The van der Waals surface area contributed by atoms with Crippen molar-refractivity contribution in [3.8, 4) is 0 Å². The zero-order valence-electron chi connectivity index (χ0n) is 11.5. The highest BCUT2D eigenvalue weighted by Gasteiger charge is 2.29. The summed E-state index contributed by atoms with van der Waals surface area (Å²) in [6, 6.07) is 0.715. The predicted octanol–water partition coefficient (Wildman–Crippen LogP) is 1.88. The maximum absolute atomic E-state index is 5.57. The Bertz CT molecular complexity index is 210. The van der Waals surface area contributed by atoms with Gasteiger partial charge in [-0.1, -0.05) is 6.92 Å². The van der Waals surface area contributed by atoms with Crippen LogP contribution in [0.2, 0.25) is 0 Å². The lowest BCUT2D eigenvalue weighted by molar-refractivity contribution is -0.0106. The maximum atomic E-state index is 5.57. The van der Waals surface area contributed by atoms with Crippen LogP contribution >= 0.6 is 0 Å². The molecule has 2 fully saturated rings. The van der Waals surface area contributed by atoms with Gasteiger partial charge in [-0.15, -0.1) is 0 Å². The molecule has 1 unspecified atom stereocenters. The number of rotatable bonds is 7. The Morgan fingerprint density at radius 3 is 2.65 bits per heavy atom. The average molecular weight is 240 g/mol. The Kier molecular flexibility index (Phi) is 5.26. The molecule has 1 heterocycles. The molecular weight excluding hydrogens is 212 g/mol. The first-order chi connectivity index (χ1) is 8.28. The van der Waals surface area contributed by atoms with Crippen molar-refractivity contribution in [1.82, 2.24) is 10.2 Å². The number of hydrogen-bond donors (Lipinski definition) is 1. The summed E-state index contributed by atoms with van der Waals surface area (Å²) < 4.78 is 5.57. The molecule has 0 bridgehead atoms. The molecule has 1 N–H and O–H groups in total. The lowest BCUT2D eigenvalue weighted by Crippen LogP contribution is -2.47. The standard InChI is InChI=1S/C14H28N2O/c1-3-17-14-8-13(9-14)15-10-12(2)11-16-6-4-5-7-16/h12-15H,3-11H2,1-2H3. The molecule has 0 aromatic carbocycles. The molecule has 1 saturated heterocycles. The first kappa shape index (κ1) is 13.3. The van der Waals surface area contributed by atoms with Crippen LogP contribution in [0.5, 0.6) is 0 Å². The predicted molar refractivity (Wildman–Crippen MR) is 71.3 cm³/mol. The molecule has 100 valence electrons. The molecule has 0 spiro atoms. The Morgan fingerprint density at radius 1 is 1.29 bits per heavy atom. The molecule has 17 heavy (non-hydrogen) atoms. The lowest BCUT2D eigenvalue weighted by atomic mass is 9.89. The lowest BCUT2D eigenvalue weighted by Gasteiger charge is -2.36. The van der Waals surface area contributed by atoms with Crippen molar-refractivity contribution in [3.63, 3.8) is 0 Å². The van der Waals surface area contributed by atoms with Gasteiger partial charge in [0.15, 0.2) is 0 Å². The van der Waals surface area contributed by atoms with Crippen molar-refractivity contribution in [1.29, 1.82) is 0 Å². The fourth-order valence-corrected chi connectivity index (χ4v) is 2.94. The van der Waals surface area contributed by atoms with Crippen LogP contribution in [0.1, 0.15) is 39.5 Å². The van der Waals surface area contributed by atoms with Gasteiger partial charge in [0.25, 0.3) is 0 Å². The van der Waals surface area contributed by atoms with Gasteiger partial charge in [0.05, 0.1) is 6.10 Å².